The van der Waals surface area contributed by atoms with Crippen molar-refractivity contribution in [1.29, 1.82) is 0 Å². The first-order valence-corrected chi connectivity index (χ1v) is 6.00. The summed E-state index contributed by atoms with van der Waals surface area (Å²) in [6, 6.07) is 6.59. The van der Waals surface area contributed by atoms with Gasteiger partial charge in [-0.3, -0.25) is 4.79 Å². The van der Waals surface area contributed by atoms with Gasteiger partial charge in [0, 0.05) is 25.2 Å². The molecule has 5 heteroatoms. The van der Waals surface area contributed by atoms with Crippen LogP contribution in [0.15, 0.2) is 24.3 Å². The van der Waals surface area contributed by atoms with Crippen molar-refractivity contribution in [3.05, 3.63) is 35.4 Å². The third kappa shape index (κ3) is 3.76. The predicted molar refractivity (Wildman–Crippen MR) is 70.1 cm³/mol. The monoisotopic (exact) mass is 249 g/mol. The molecule has 18 heavy (non-hydrogen) atoms. The molecule has 0 fully saturated rings. The molecule has 1 aromatic rings. The second-order valence-electron chi connectivity index (χ2n) is 3.89. The molecule has 1 aromatic carbocycles. The van der Waals surface area contributed by atoms with E-state index in [-0.39, 0.29) is 5.91 Å². The highest BCUT2D eigenvalue weighted by Gasteiger charge is 2.11. The molecule has 0 saturated carbocycles. The van der Waals surface area contributed by atoms with Crippen LogP contribution in [0.5, 0.6) is 0 Å². The number of amides is 3. The molecule has 3 N–H and O–H groups in total. The fourth-order valence-corrected chi connectivity index (χ4v) is 1.65. The molecule has 0 unspecified atom stereocenters. The largest absolute Gasteiger partial charge is 0.352 e. The molecule has 5 nitrogen and oxygen atoms in total. The molecule has 0 aliphatic rings. The van der Waals surface area contributed by atoms with Crippen molar-refractivity contribution in [2.75, 3.05) is 13.1 Å². The lowest BCUT2D eigenvalue weighted by Crippen LogP contribution is -2.30. The molecule has 0 spiro atoms. The first kappa shape index (κ1) is 14.0. The quantitative estimate of drug-likeness (QED) is 0.826. The van der Waals surface area contributed by atoms with Crippen molar-refractivity contribution in [2.45, 2.75) is 20.4 Å². The zero-order valence-corrected chi connectivity index (χ0v) is 10.8. The SMILES string of the molecule is CCN(CC)C(=O)c1ccc(CNC(N)=O)cc1. The molecule has 3 amide bonds. The van der Waals surface area contributed by atoms with Gasteiger partial charge in [0.2, 0.25) is 0 Å². The highest BCUT2D eigenvalue weighted by atomic mass is 16.2. The minimum Gasteiger partial charge on any atom is -0.352 e. The highest BCUT2D eigenvalue weighted by Crippen LogP contribution is 2.07. The van der Waals surface area contributed by atoms with Gasteiger partial charge in [-0.1, -0.05) is 12.1 Å². The van der Waals surface area contributed by atoms with Crippen LogP contribution in [0.1, 0.15) is 29.8 Å². The van der Waals surface area contributed by atoms with Crippen molar-refractivity contribution in [3.8, 4) is 0 Å². The van der Waals surface area contributed by atoms with Crippen LogP contribution in [-0.4, -0.2) is 29.9 Å². The van der Waals surface area contributed by atoms with Gasteiger partial charge < -0.3 is 16.0 Å². The lowest BCUT2D eigenvalue weighted by Gasteiger charge is -2.18. The van der Waals surface area contributed by atoms with Gasteiger partial charge in [-0.15, -0.1) is 0 Å². The smallest absolute Gasteiger partial charge is 0.312 e. The number of rotatable bonds is 5. The van der Waals surface area contributed by atoms with Crippen molar-refractivity contribution >= 4 is 11.9 Å². The Kier molecular flexibility index (Phi) is 5.17. The maximum Gasteiger partial charge on any atom is 0.312 e. The molecule has 0 aliphatic carbocycles. The zero-order chi connectivity index (χ0) is 13.5. The van der Waals surface area contributed by atoms with E-state index in [1.165, 1.54) is 0 Å². The van der Waals surface area contributed by atoms with E-state index in [1.54, 1.807) is 17.0 Å². The van der Waals surface area contributed by atoms with Crippen LogP contribution < -0.4 is 11.1 Å². The number of carbonyl (C=O) groups excluding carboxylic acids is 2. The first-order valence-electron chi connectivity index (χ1n) is 6.00. The number of benzene rings is 1. The summed E-state index contributed by atoms with van der Waals surface area (Å²) in [6.07, 6.45) is 0. The van der Waals surface area contributed by atoms with Gasteiger partial charge in [0.15, 0.2) is 0 Å². The summed E-state index contributed by atoms with van der Waals surface area (Å²) in [5, 5.41) is 2.50. The molecule has 98 valence electrons. The summed E-state index contributed by atoms with van der Waals surface area (Å²) in [4.78, 5) is 24.3. The van der Waals surface area contributed by atoms with Gasteiger partial charge in [-0.05, 0) is 31.5 Å². The first-order chi connectivity index (χ1) is 8.58. The minimum absolute atomic E-state index is 0.0226. The van der Waals surface area contributed by atoms with E-state index in [4.69, 9.17) is 5.73 Å². The second-order valence-corrected chi connectivity index (χ2v) is 3.89. The number of hydrogen-bond acceptors (Lipinski definition) is 2. The van der Waals surface area contributed by atoms with Crippen LogP contribution in [0.3, 0.4) is 0 Å². The summed E-state index contributed by atoms with van der Waals surface area (Å²) in [5.41, 5.74) is 6.54. The Morgan fingerprint density at radius 2 is 1.72 bits per heavy atom. The van der Waals surface area contributed by atoms with E-state index in [0.29, 0.717) is 25.2 Å². The maximum atomic E-state index is 12.0. The predicted octanol–water partition coefficient (Wildman–Crippen LogP) is 1.34. The molecule has 0 atom stereocenters. The van der Waals surface area contributed by atoms with Gasteiger partial charge in [0.25, 0.3) is 5.91 Å². The summed E-state index contributed by atoms with van der Waals surface area (Å²) >= 11 is 0. The zero-order valence-electron chi connectivity index (χ0n) is 10.8. The Morgan fingerprint density at radius 1 is 1.17 bits per heavy atom. The third-order valence-electron chi connectivity index (χ3n) is 2.72. The van der Waals surface area contributed by atoms with Crippen molar-refractivity contribution in [2.24, 2.45) is 5.73 Å². The molecular formula is C13H19N3O2. The topological polar surface area (TPSA) is 75.4 Å². The van der Waals surface area contributed by atoms with E-state index in [9.17, 15) is 9.59 Å². The van der Waals surface area contributed by atoms with E-state index in [2.05, 4.69) is 5.32 Å². The fourth-order valence-electron chi connectivity index (χ4n) is 1.65. The van der Waals surface area contributed by atoms with Crippen molar-refractivity contribution in [3.63, 3.8) is 0 Å². The number of carbonyl (C=O) groups is 2. The summed E-state index contributed by atoms with van der Waals surface area (Å²) in [5.74, 6) is 0.0226. The molecule has 1 rings (SSSR count). The molecule has 0 radical (unpaired) electrons. The standard InChI is InChI=1S/C13H19N3O2/c1-3-16(4-2)12(17)11-7-5-10(6-8-11)9-15-13(14)18/h5-8H,3-4,9H2,1-2H3,(H3,14,15,18). The minimum atomic E-state index is -0.557. The Morgan fingerprint density at radius 3 is 2.17 bits per heavy atom. The highest BCUT2D eigenvalue weighted by molar-refractivity contribution is 5.94. The maximum absolute atomic E-state index is 12.0. The number of primary amides is 1. The van der Waals surface area contributed by atoms with E-state index < -0.39 is 6.03 Å². The van der Waals surface area contributed by atoms with Crippen LogP contribution in [0.2, 0.25) is 0 Å². The summed E-state index contributed by atoms with van der Waals surface area (Å²) < 4.78 is 0. The molecule has 0 aromatic heterocycles. The number of hydrogen-bond donors (Lipinski definition) is 2. The fraction of sp³-hybridized carbons (Fsp3) is 0.385. The van der Waals surface area contributed by atoms with Crippen molar-refractivity contribution in [1.82, 2.24) is 10.2 Å². The molecule has 0 aliphatic heterocycles. The Hall–Kier alpha value is -2.04. The lowest BCUT2D eigenvalue weighted by atomic mass is 10.1. The average molecular weight is 249 g/mol. The molecule has 0 saturated heterocycles. The van der Waals surface area contributed by atoms with Crippen LogP contribution in [-0.2, 0) is 6.54 Å². The average Bonchev–Trinajstić information content (AvgIpc) is 2.38. The second kappa shape index (κ2) is 6.64. The molecule has 0 heterocycles. The van der Waals surface area contributed by atoms with Gasteiger partial charge in [-0.2, -0.15) is 0 Å². The van der Waals surface area contributed by atoms with E-state index >= 15 is 0 Å². The molecular weight excluding hydrogens is 230 g/mol. The molecule has 0 bridgehead atoms. The summed E-state index contributed by atoms with van der Waals surface area (Å²) in [6.45, 7) is 5.66. The lowest BCUT2D eigenvalue weighted by molar-refractivity contribution is 0.0773. The van der Waals surface area contributed by atoms with Gasteiger partial charge >= 0.3 is 6.03 Å². The van der Waals surface area contributed by atoms with Gasteiger partial charge in [0.1, 0.15) is 0 Å². The van der Waals surface area contributed by atoms with Crippen LogP contribution in [0.25, 0.3) is 0 Å². The van der Waals surface area contributed by atoms with E-state index in [0.717, 1.165) is 5.56 Å². The number of nitrogens with two attached hydrogens (primary N) is 1. The van der Waals surface area contributed by atoms with Crippen LogP contribution in [0, 0.1) is 0 Å². The third-order valence-corrected chi connectivity index (χ3v) is 2.72. The van der Waals surface area contributed by atoms with Gasteiger partial charge in [-0.25, -0.2) is 4.79 Å². The Labute approximate surface area is 107 Å². The normalized spacial score (nSPS) is 9.89. The Balaban J connectivity index is 2.70. The van der Waals surface area contributed by atoms with Crippen LogP contribution in [0.4, 0.5) is 4.79 Å². The summed E-state index contributed by atoms with van der Waals surface area (Å²) in [7, 11) is 0. The van der Waals surface area contributed by atoms with Crippen LogP contribution >= 0.6 is 0 Å². The number of nitrogens with one attached hydrogen (secondary N) is 1. The van der Waals surface area contributed by atoms with Crippen molar-refractivity contribution < 1.29 is 9.59 Å². The van der Waals surface area contributed by atoms with Gasteiger partial charge in [0.05, 0.1) is 0 Å². The Bertz CT molecular complexity index is 411. The number of urea groups is 1. The van der Waals surface area contributed by atoms with E-state index in [1.807, 2.05) is 26.0 Å². The number of nitrogens with zero attached hydrogens (tertiary/aromatic N) is 1.